The summed E-state index contributed by atoms with van der Waals surface area (Å²) in [6.07, 6.45) is 1.12. The van der Waals surface area contributed by atoms with Crippen molar-refractivity contribution in [1.82, 2.24) is 4.90 Å². The van der Waals surface area contributed by atoms with Crippen molar-refractivity contribution < 1.29 is 33.7 Å². The highest BCUT2D eigenvalue weighted by Gasteiger charge is 2.38. The van der Waals surface area contributed by atoms with Gasteiger partial charge in [-0.05, 0) is 38.1 Å². The van der Waals surface area contributed by atoms with E-state index >= 15 is 0 Å². The van der Waals surface area contributed by atoms with Crippen LogP contribution in [-0.4, -0.2) is 67.0 Å². The predicted octanol–water partition coefficient (Wildman–Crippen LogP) is 2.72. The molecule has 2 aromatic rings. The molecule has 31 heavy (non-hydrogen) atoms. The number of phenolic OH excluding ortho intramolecular Hbond substituents is 1. The Morgan fingerprint density at radius 3 is 2.52 bits per heavy atom. The van der Waals surface area contributed by atoms with E-state index in [1.807, 2.05) is 13.8 Å². The highest BCUT2D eigenvalue weighted by molar-refractivity contribution is 6.03. The number of ether oxygens (including phenoxy) is 3. The number of phenols is 1. The van der Waals surface area contributed by atoms with Gasteiger partial charge in [0.2, 0.25) is 0 Å². The Bertz CT molecular complexity index is 986. The molecule has 3 rings (SSSR count). The molecule has 1 aliphatic rings. The summed E-state index contributed by atoms with van der Waals surface area (Å²) in [4.78, 5) is 38.0. The molecule has 0 saturated carbocycles. The molecule has 1 aliphatic heterocycles. The van der Waals surface area contributed by atoms with Gasteiger partial charge in [0.05, 0.1) is 42.0 Å². The van der Waals surface area contributed by atoms with Crippen molar-refractivity contribution in [2.75, 3.05) is 26.9 Å². The summed E-state index contributed by atoms with van der Waals surface area (Å²) in [7, 11) is 1.44. The maximum Gasteiger partial charge on any atom is 0.255 e. The van der Waals surface area contributed by atoms with Crippen LogP contribution in [0.5, 0.6) is 17.2 Å². The molecule has 8 heteroatoms. The largest absolute Gasteiger partial charge is 0.507 e. The molecular weight excluding hydrogens is 402 g/mol. The van der Waals surface area contributed by atoms with Gasteiger partial charge in [-0.15, -0.1) is 0 Å². The van der Waals surface area contributed by atoms with Crippen LogP contribution >= 0.6 is 0 Å². The van der Waals surface area contributed by atoms with E-state index in [2.05, 4.69) is 0 Å². The highest BCUT2D eigenvalue weighted by Crippen LogP contribution is 2.29. The van der Waals surface area contributed by atoms with E-state index in [0.29, 0.717) is 18.3 Å². The lowest BCUT2D eigenvalue weighted by molar-refractivity contribution is -0.108. The summed E-state index contributed by atoms with van der Waals surface area (Å²) in [5, 5.41) is 9.85. The summed E-state index contributed by atoms with van der Waals surface area (Å²) in [5.74, 6) is -0.00953. The van der Waals surface area contributed by atoms with Gasteiger partial charge in [-0.2, -0.15) is 0 Å². The quantitative estimate of drug-likeness (QED) is 0.678. The van der Waals surface area contributed by atoms with Gasteiger partial charge >= 0.3 is 0 Å². The van der Waals surface area contributed by atoms with E-state index in [-0.39, 0.29) is 53.9 Å². The molecule has 8 nitrogen and oxygen atoms in total. The van der Waals surface area contributed by atoms with E-state index < -0.39 is 11.6 Å². The fourth-order valence-electron chi connectivity index (χ4n) is 3.52. The van der Waals surface area contributed by atoms with Crippen LogP contribution in [0.1, 0.15) is 44.9 Å². The van der Waals surface area contributed by atoms with Gasteiger partial charge in [-0.1, -0.05) is 12.1 Å². The van der Waals surface area contributed by atoms with Crippen molar-refractivity contribution in [1.29, 1.82) is 0 Å². The Kier molecular flexibility index (Phi) is 6.60. The maximum atomic E-state index is 13.4. The SMILES string of the molecule is COc1cccc(C(=O)N2CC(C)(C)OCC2COc2cccc(O)c2C=O)c1C=O. The number of hydrogen-bond donors (Lipinski definition) is 1. The fourth-order valence-corrected chi connectivity index (χ4v) is 3.52. The third kappa shape index (κ3) is 4.69. The maximum absolute atomic E-state index is 13.4. The molecule has 0 spiro atoms. The number of methoxy groups -OCH3 is 1. The monoisotopic (exact) mass is 427 g/mol. The number of hydrogen-bond acceptors (Lipinski definition) is 7. The van der Waals surface area contributed by atoms with Crippen LogP contribution < -0.4 is 9.47 Å². The lowest BCUT2D eigenvalue weighted by Crippen LogP contribution is -2.58. The minimum Gasteiger partial charge on any atom is -0.507 e. The van der Waals surface area contributed by atoms with Crippen molar-refractivity contribution in [3.8, 4) is 17.2 Å². The van der Waals surface area contributed by atoms with Gasteiger partial charge in [0, 0.05) is 6.54 Å². The van der Waals surface area contributed by atoms with Crippen molar-refractivity contribution in [3.63, 3.8) is 0 Å². The second-order valence-electron chi connectivity index (χ2n) is 7.81. The van der Waals surface area contributed by atoms with E-state index in [1.165, 1.54) is 13.2 Å². The van der Waals surface area contributed by atoms with Gasteiger partial charge in [0.1, 0.15) is 23.9 Å². The highest BCUT2D eigenvalue weighted by atomic mass is 16.5. The summed E-state index contributed by atoms with van der Waals surface area (Å²) in [6, 6.07) is 8.89. The smallest absolute Gasteiger partial charge is 0.255 e. The number of nitrogens with zero attached hydrogens (tertiary/aromatic N) is 1. The van der Waals surface area contributed by atoms with Crippen LogP contribution in [0.2, 0.25) is 0 Å². The number of benzene rings is 2. The van der Waals surface area contributed by atoms with E-state index in [0.717, 1.165) is 0 Å². The number of carbonyl (C=O) groups excluding carboxylic acids is 3. The van der Waals surface area contributed by atoms with E-state index in [4.69, 9.17) is 14.2 Å². The molecule has 0 aromatic heterocycles. The first-order valence-electron chi connectivity index (χ1n) is 9.78. The number of rotatable bonds is 7. The predicted molar refractivity (Wildman–Crippen MR) is 112 cm³/mol. The summed E-state index contributed by atoms with van der Waals surface area (Å²) in [5.41, 5.74) is -0.155. The molecule has 1 N–H and O–H groups in total. The number of aldehydes is 2. The lowest BCUT2D eigenvalue weighted by atomic mass is 10.0. The number of carbonyl (C=O) groups is 3. The van der Waals surface area contributed by atoms with E-state index in [9.17, 15) is 19.5 Å². The van der Waals surface area contributed by atoms with Crippen LogP contribution in [0.3, 0.4) is 0 Å². The topological polar surface area (TPSA) is 102 Å². The second kappa shape index (κ2) is 9.18. The number of amides is 1. The third-order valence-corrected chi connectivity index (χ3v) is 5.15. The van der Waals surface area contributed by atoms with Gasteiger partial charge < -0.3 is 24.2 Å². The Labute approximate surface area is 180 Å². The molecule has 0 bridgehead atoms. The van der Waals surface area contributed by atoms with Crippen LogP contribution in [-0.2, 0) is 4.74 Å². The summed E-state index contributed by atoms with van der Waals surface area (Å²) >= 11 is 0. The zero-order valence-electron chi connectivity index (χ0n) is 17.7. The lowest BCUT2D eigenvalue weighted by Gasteiger charge is -2.43. The van der Waals surface area contributed by atoms with E-state index in [1.54, 1.807) is 35.2 Å². The van der Waals surface area contributed by atoms with Gasteiger partial charge in [-0.25, -0.2) is 0 Å². The third-order valence-electron chi connectivity index (χ3n) is 5.15. The summed E-state index contributed by atoms with van der Waals surface area (Å²) < 4.78 is 16.9. The zero-order valence-corrected chi connectivity index (χ0v) is 17.7. The fraction of sp³-hybridized carbons (Fsp3) is 0.348. The van der Waals surface area contributed by atoms with Crippen LogP contribution in [0.4, 0.5) is 0 Å². The first kappa shape index (κ1) is 22.3. The van der Waals surface area contributed by atoms with Crippen LogP contribution in [0.25, 0.3) is 0 Å². The summed E-state index contributed by atoms with van der Waals surface area (Å²) in [6.45, 7) is 4.25. The number of aromatic hydroxyl groups is 1. The standard InChI is InChI=1S/C23H25NO7/c1-23(2)14-24(22(28)16-6-4-8-20(29-3)17(16)10-25)15(13-31-23)12-30-21-9-5-7-19(27)18(21)11-26/h4-11,15,27H,12-14H2,1-3H3. The first-order valence-corrected chi connectivity index (χ1v) is 9.78. The molecule has 1 amide bonds. The molecule has 0 radical (unpaired) electrons. The van der Waals surface area contributed by atoms with Crippen molar-refractivity contribution in [2.24, 2.45) is 0 Å². The van der Waals surface area contributed by atoms with Crippen molar-refractivity contribution >= 4 is 18.5 Å². The molecule has 1 unspecified atom stereocenters. The minimum absolute atomic E-state index is 0.0342. The molecule has 1 fully saturated rings. The molecular formula is C23H25NO7. The van der Waals surface area contributed by atoms with Gasteiger partial charge in [0.25, 0.3) is 5.91 Å². The van der Waals surface area contributed by atoms with Gasteiger partial charge in [-0.3, -0.25) is 14.4 Å². The molecule has 1 heterocycles. The Balaban J connectivity index is 1.89. The van der Waals surface area contributed by atoms with Crippen molar-refractivity contribution in [3.05, 3.63) is 53.1 Å². The second-order valence-corrected chi connectivity index (χ2v) is 7.81. The number of morpholine rings is 1. The Morgan fingerprint density at radius 2 is 1.84 bits per heavy atom. The molecule has 1 saturated heterocycles. The van der Waals surface area contributed by atoms with Crippen molar-refractivity contribution in [2.45, 2.75) is 25.5 Å². The van der Waals surface area contributed by atoms with Crippen LogP contribution in [0.15, 0.2) is 36.4 Å². The molecule has 0 aliphatic carbocycles. The first-order chi connectivity index (χ1) is 14.8. The minimum atomic E-state index is -0.592. The average Bonchev–Trinajstić information content (AvgIpc) is 2.76. The molecule has 1 atom stereocenters. The Morgan fingerprint density at radius 1 is 1.16 bits per heavy atom. The zero-order chi connectivity index (χ0) is 22.6. The van der Waals surface area contributed by atoms with Gasteiger partial charge in [0.15, 0.2) is 12.6 Å². The molecule has 2 aromatic carbocycles. The van der Waals surface area contributed by atoms with Crippen LogP contribution in [0, 0.1) is 0 Å². The Hall–Kier alpha value is -3.39. The molecule has 164 valence electrons. The average molecular weight is 427 g/mol. The normalized spacial score (nSPS) is 17.6.